The van der Waals surface area contributed by atoms with Gasteiger partial charge in [-0.2, -0.15) is 13.2 Å². The van der Waals surface area contributed by atoms with Crippen LogP contribution in [0, 0.1) is 5.92 Å². The second-order valence-electron chi connectivity index (χ2n) is 7.28. The minimum absolute atomic E-state index is 0.0331. The first-order valence-corrected chi connectivity index (χ1v) is 9.05. The van der Waals surface area contributed by atoms with E-state index in [9.17, 15) is 22.8 Å². The summed E-state index contributed by atoms with van der Waals surface area (Å²) in [7, 11) is 0. The van der Waals surface area contributed by atoms with Crippen molar-refractivity contribution >= 4 is 28.7 Å². The van der Waals surface area contributed by atoms with E-state index in [2.05, 4.69) is 22.1 Å². The van der Waals surface area contributed by atoms with Gasteiger partial charge in [-0.05, 0) is 38.8 Å². The van der Waals surface area contributed by atoms with Gasteiger partial charge in [0.05, 0.1) is 0 Å². The average Bonchev–Trinajstić information content (AvgIpc) is 3.05. The van der Waals surface area contributed by atoms with Crippen molar-refractivity contribution in [3.05, 3.63) is 24.0 Å². The lowest BCUT2D eigenvalue weighted by atomic mass is 9.79. The van der Waals surface area contributed by atoms with Crippen LogP contribution in [0.5, 0.6) is 0 Å². The Bertz CT molecular complexity index is 916. The lowest BCUT2D eigenvalue weighted by Crippen LogP contribution is -2.62. The molecule has 10 heteroatoms. The fraction of sp³-hybridized carbons (Fsp3) is 0.500. The van der Waals surface area contributed by atoms with Crippen LogP contribution >= 0.6 is 0 Å². The highest BCUT2D eigenvalue weighted by Crippen LogP contribution is 2.32. The first-order valence-electron chi connectivity index (χ1n) is 9.05. The zero-order chi connectivity index (χ0) is 20.1. The summed E-state index contributed by atoms with van der Waals surface area (Å²) < 4.78 is 42.3. The lowest BCUT2D eigenvalue weighted by Gasteiger charge is -2.49. The summed E-state index contributed by atoms with van der Waals surface area (Å²) in [5, 5.41) is 5.06. The summed E-state index contributed by atoms with van der Waals surface area (Å²) in [5.74, 6) is -2.42. The van der Waals surface area contributed by atoms with Gasteiger partial charge < -0.3 is 9.73 Å². The molecule has 3 aliphatic heterocycles. The van der Waals surface area contributed by atoms with Crippen molar-refractivity contribution in [3.8, 4) is 0 Å². The number of carbonyl (C=O) groups is 2. The van der Waals surface area contributed by atoms with Crippen molar-refractivity contribution in [1.29, 1.82) is 0 Å². The number of furan rings is 1. The molecule has 3 aliphatic rings. The van der Waals surface area contributed by atoms with E-state index >= 15 is 0 Å². The minimum Gasteiger partial charge on any atom is -0.440 e. The van der Waals surface area contributed by atoms with Gasteiger partial charge in [0, 0.05) is 35.8 Å². The largest absolute Gasteiger partial charge is 0.471 e. The number of fused-ring (bicyclic) bond motifs is 4. The molecule has 5 rings (SSSR count). The zero-order valence-electron chi connectivity index (χ0n) is 15.0. The Kier molecular flexibility index (Phi) is 4.53. The van der Waals surface area contributed by atoms with Crippen molar-refractivity contribution < 1.29 is 27.2 Å². The van der Waals surface area contributed by atoms with Crippen LogP contribution in [0.4, 0.5) is 19.1 Å². The van der Waals surface area contributed by atoms with E-state index in [-0.39, 0.29) is 35.2 Å². The van der Waals surface area contributed by atoms with Gasteiger partial charge in [-0.15, -0.1) is 0 Å². The van der Waals surface area contributed by atoms with E-state index in [0.29, 0.717) is 11.3 Å². The second-order valence-corrected chi connectivity index (χ2v) is 7.28. The van der Waals surface area contributed by atoms with Crippen LogP contribution in [-0.2, 0) is 4.79 Å². The number of piperidine rings is 3. The number of aromatic nitrogens is 1. The molecular weight excluding hydrogens is 377 g/mol. The van der Waals surface area contributed by atoms with Gasteiger partial charge in [0.1, 0.15) is 11.3 Å². The minimum atomic E-state index is -5.02. The summed E-state index contributed by atoms with van der Waals surface area (Å²) in [5.41, 5.74) is 0.277. The van der Waals surface area contributed by atoms with Gasteiger partial charge >= 0.3 is 12.1 Å². The molecule has 0 aromatic carbocycles. The van der Waals surface area contributed by atoms with E-state index in [4.69, 9.17) is 4.42 Å². The highest BCUT2D eigenvalue weighted by atomic mass is 19.4. The van der Waals surface area contributed by atoms with E-state index in [1.165, 1.54) is 18.3 Å². The molecule has 3 fully saturated rings. The molecule has 0 saturated carbocycles. The molecule has 5 heterocycles. The van der Waals surface area contributed by atoms with Gasteiger partial charge in [-0.25, -0.2) is 0 Å². The standard InChI is InChI=1S/C18H19F3N4O3/c1-9-15(10-2-4-25(9)5-3-10)24-16(26)12-7-13-11(8-22-12)6-14(28-13)23-17(27)18(19,20)21/h6-10,15H,2-5H2,1H3,(H,23,27)(H,24,26)/t9-,15-/m0/s1. The van der Waals surface area contributed by atoms with Gasteiger partial charge in [-0.3, -0.25) is 24.8 Å². The van der Waals surface area contributed by atoms with Crippen LogP contribution in [0.15, 0.2) is 22.7 Å². The van der Waals surface area contributed by atoms with Gasteiger partial charge in [0.15, 0.2) is 0 Å². The number of pyridine rings is 1. The van der Waals surface area contributed by atoms with Gasteiger partial charge in [0.25, 0.3) is 5.91 Å². The maximum Gasteiger partial charge on any atom is 0.471 e. The van der Waals surface area contributed by atoms with Crippen LogP contribution in [0.2, 0.25) is 0 Å². The monoisotopic (exact) mass is 396 g/mol. The van der Waals surface area contributed by atoms with Gasteiger partial charge in [-0.1, -0.05) is 0 Å². The molecule has 2 aromatic rings. The molecule has 2 N–H and O–H groups in total. The molecule has 0 unspecified atom stereocenters. The first-order chi connectivity index (χ1) is 13.2. The summed E-state index contributed by atoms with van der Waals surface area (Å²) in [6.07, 6.45) is -1.60. The number of rotatable bonds is 3. The molecule has 2 bridgehead atoms. The number of nitrogens with one attached hydrogen (secondary N) is 2. The topological polar surface area (TPSA) is 87.5 Å². The average molecular weight is 396 g/mol. The number of hydrogen-bond acceptors (Lipinski definition) is 5. The molecule has 0 radical (unpaired) electrons. The Balaban J connectivity index is 1.50. The normalized spacial score (nSPS) is 27.0. The van der Waals surface area contributed by atoms with Crippen molar-refractivity contribution in [2.24, 2.45) is 5.92 Å². The van der Waals surface area contributed by atoms with Crippen molar-refractivity contribution in [3.63, 3.8) is 0 Å². The van der Waals surface area contributed by atoms with E-state index in [1.54, 1.807) is 5.32 Å². The third-order valence-corrected chi connectivity index (χ3v) is 5.60. The number of alkyl halides is 3. The Morgan fingerprint density at radius 2 is 1.96 bits per heavy atom. The van der Waals surface area contributed by atoms with E-state index in [0.717, 1.165) is 25.9 Å². The van der Waals surface area contributed by atoms with E-state index in [1.807, 2.05) is 0 Å². The summed E-state index contributed by atoms with van der Waals surface area (Å²) in [6.45, 7) is 4.18. The summed E-state index contributed by atoms with van der Waals surface area (Å²) in [6, 6.07) is 2.86. The third kappa shape index (κ3) is 3.44. The third-order valence-electron chi connectivity index (χ3n) is 5.60. The van der Waals surface area contributed by atoms with Crippen LogP contribution in [0.25, 0.3) is 11.0 Å². The number of anilines is 1. The molecule has 2 amide bonds. The molecule has 150 valence electrons. The molecule has 2 aromatic heterocycles. The second kappa shape index (κ2) is 6.77. The quantitative estimate of drug-likeness (QED) is 0.833. The number of amides is 2. The molecule has 0 spiro atoms. The Hall–Kier alpha value is -2.62. The molecule has 3 saturated heterocycles. The predicted molar refractivity (Wildman–Crippen MR) is 93.7 cm³/mol. The molecule has 0 aliphatic carbocycles. The van der Waals surface area contributed by atoms with Crippen LogP contribution in [-0.4, -0.2) is 53.0 Å². The van der Waals surface area contributed by atoms with Crippen molar-refractivity contribution in [2.75, 3.05) is 18.4 Å². The summed E-state index contributed by atoms with van der Waals surface area (Å²) in [4.78, 5) is 30.1. The smallest absolute Gasteiger partial charge is 0.440 e. The van der Waals surface area contributed by atoms with Crippen LogP contribution in [0.3, 0.4) is 0 Å². The van der Waals surface area contributed by atoms with Crippen LogP contribution < -0.4 is 10.6 Å². The fourth-order valence-electron chi connectivity index (χ4n) is 4.07. The lowest BCUT2D eigenvalue weighted by molar-refractivity contribution is -0.167. The molecular formula is C18H19F3N4O3. The van der Waals surface area contributed by atoms with Crippen molar-refractivity contribution in [2.45, 2.75) is 38.0 Å². The molecule has 7 nitrogen and oxygen atoms in total. The number of carbonyl (C=O) groups excluding carboxylic acids is 2. The van der Waals surface area contributed by atoms with Crippen LogP contribution in [0.1, 0.15) is 30.3 Å². The highest BCUT2D eigenvalue weighted by molar-refractivity contribution is 5.98. The maximum atomic E-state index is 12.6. The maximum absolute atomic E-state index is 12.6. The SMILES string of the molecule is C[C@H]1[C@H](NC(=O)c2cc3oc(NC(=O)C(F)(F)F)cc3cn2)C2CCN1CC2. The number of halogens is 3. The highest BCUT2D eigenvalue weighted by Gasteiger charge is 2.41. The number of nitrogens with zero attached hydrogens (tertiary/aromatic N) is 2. The zero-order valence-corrected chi connectivity index (χ0v) is 15.0. The Morgan fingerprint density at radius 1 is 1.25 bits per heavy atom. The van der Waals surface area contributed by atoms with Gasteiger partial charge in [0.2, 0.25) is 5.88 Å². The fourth-order valence-corrected chi connectivity index (χ4v) is 4.07. The molecule has 2 atom stereocenters. The summed E-state index contributed by atoms with van der Waals surface area (Å²) >= 11 is 0. The van der Waals surface area contributed by atoms with Crippen molar-refractivity contribution in [1.82, 2.24) is 15.2 Å². The Morgan fingerprint density at radius 3 is 2.61 bits per heavy atom. The van der Waals surface area contributed by atoms with E-state index < -0.39 is 12.1 Å². The molecule has 28 heavy (non-hydrogen) atoms. The first kappa shape index (κ1) is 18.7. The number of hydrogen-bond donors (Lipinski definition) is 2. The predicted octanol–water partition coefficient (Wildman–Crippen LogP) is 2.54. The Labute approximate surface area is 158 Å².